The number of nitrogens with zero attached hydrogens (tertiary/aromatic N) is 3. The van der Waals surface area contributed by atoms with Crippen molar-refractivity contribution in [3.8, 4) is 16.6 Å². The van der Waals surface area contributed by atoms with Crippen molar-refractivity contribution < 1.29 is 5.11 Å². The van der Waals surface area contributed by atoms with Crippen molar-refractivity contribution in [2.75, 3.05) is 0 Å². The van der Waals surface area contributed by atoms with Crippen molar-refractivity contribution in [1.29, 1.82) is 0 Å². The molecule has 3 heterocycles. The quantitative estimate of drug-likeness (QED) is 0.737. The smallest absolute Gasteiger partial charge is 0.225 e. The molecular weight excluding hydrogens is 258 g/mol. The van der Waals surface area contributed by atoms with Crippen LogP contribution in [0, 0.1) is 6.92 Å². The molecule has 1 N–H and O–H groups in total. The van der Waals surface area contributed by atoms with Crippen LogP contribution in [-0.4, -0.2) is 20.1 Å². The van der Waals surface area contributed by atoms with Crippen LogP contribution in [0.5, 0.6) is 5.88 Å². The van der Waals surface area contributed by atoms with Crippen molar-refractivity contribution >= 4 is 11.3 Å². The van der Waals surface area contributed by atoms with Crippen molar-refractivity contribution in [1.82, 2.24) is 15.0 Å². The van der Waals surface area contributed by atoms with Gasteiger partial charge in [-0.25, -0.2) is 0 Å². The Balaban J connectivity index is 0.000000186. The van der Waals surface area contributed by atoms with E-state index in [2.05, 4.69) is 15.0 Å². The third-order valence-corrected chi connectivity index (χ3v) is 3.21. The van der Waals surface area contributed by atoms with Crippen LogP contribution >= 0.6 is 11.3 Å². The van der Waals surface area contributed by atoms with Crippen LogP contribution in [0.1, 0.15) is 4.88 Å². The molecule has 0 fully saturated rings. The summed E-state index contributed by atoms with van der Waals surface area (Å²) >= 11 is 1.44. The maximum absolute atomic E-state index is 9.27. The zero-order chi connectivity index (χ0) is 13.5. The van der Waals surface area contributed by atoms with E-state index in [9.17, 15) is 5.11 Å². The fourth-order valence-corrected chi connectivity index (χ4v) is 2.08. The van der Waals surface area contributed by atoms with E-state index in [0.717, 1.165) is 15.6 Å². The zero-order valence-electron chi connectivity index (χ0n) is 10.4. The number of aromatic hydroxyl groups is 1. The average Bonchev–Trinajstić information content (AvgIpc) is 2.82. The summed E-state index contributed by atoms with van der Waals surface area (Å²) in [6.07, 6.45) is 5.21. The van der Waals surface area contributed by atoms with Crippen molar-refractivity contribution in [2.24, 2.45) is 0 Å². The van der Waals surface area contributed by atoms with Gasteiger partial charge in [0.05, 0.1) is 10.6 Å². The van der Waals surface area contributed by atoms with Gasteiger partial charge in [-0.1, -0.05) is 12.1 Å². The summed E-state index contributed by atoms with van der Waals surface area (Å²) < 4.78 is 0. The number of aryl methyl sites for hydroxylation is 1. The summed E-state index contributed by atoms with van der Waals surface area (Å²) in [4.78, 5) is 12.7. The van der Waals surface area contributed by atoms with E-state index in [0.29, 0.717) is 0 Å². The van der Waals surface area contributed by atoms with Crippen LogP contribution in [-0.2, 0) is 0 Å². The molecule has 0 aliphatic rings. The maximum Gasteiger partial charge on any atom is 0.225 e. The number of hydrogen-bond donors (Lipinski definition) is 1. The fourth-order valence-electron chi connectivity index (χ4n) is 1.30. The fraction of sp³-hybridized carbons (Fsp3) is 0.0714. The van der Waals surface area contributed by atoms with E-state index in [1.54, 1.807) is 18.6 Å². The molecule has 0 aliphatic heterocycles. The number of pyridine rings is 2. The summed E-state index contributed by atoms with van der Waals surface area (Å²) in [6, 6.07) is 11.3. The first-order chi connectivity index (χ1) is 9.27. The molecule has 0 aromatic carbocycles. The molecule has 3 rings (SSSR count). The Morgan fingerprint density at radius 1 is 1.00 bits per heavy atom. The molecule has 0 aliphatic carbocycles. The van der Waals surface area contributed by atoms with Crippen LogP contribution < -0.4 is 0 Å². The normalized spacial score (nSPS) is 9.53. The van der Waals surface area contributed by atoms with Crippen LogP contribution in [0.25, 0.3) is 10.7 Å². The van der Waals surface area contributed by atoms with Gasteiger partial charge in [0.1, 0.15) is 5.01 Å². The van der Waals surface area contributed by atoms with Crippen molar-refractivity contribution in [3.05, 3.63) is 59.9 Å². The Morgan fingerprint density at radius 3 is 2.16 bits per heavy atom. The van der Waals surface area contributed by atoms with Gasteiger partial charge in [0, 0.05) is 18.6 Å². The second-order valence-corrected chi connectivity index (χ2v) is 4.84. The van der Waals surface area contributed by atoms with E-state index in [-0.39, 0.29) is 5.88 Å². The van der Waals surface area contributed by atoms with E-state index in [4.69, 9.17) is 0 Å². The highest BCUT2D eigenvalue weighted by atomic mass is 32.1. The Kier molecular flexibility index (Phi) is 4.58. The summed E-state index contributed by atoms with van der Waals surface area (Å²) in [5.41, 5.74) is 0.802. The number of thiazole rings is 1. The van der Waals surface area contributed by atoms with E-state index in [1.807, 2.05) is 43.3 Å². The minimum Gasteiger partial charge on any atom is -0.492 e. The Morgan fingerprint density at radius 2 is 1.74 bits per heavy atom. The average molecular weight is 271 g/mol. The van der Waals surface area contributed by atoms with E-state index >= 15 is 0 Å². The van der Waals surface area contributed by atoms with E-state index in [1.165, 1.54) is 11.3 Å². The zero-order valence-corrected chi connectivity index (χ0v) is 11.2. The number of hydrogen-bond acceptors (Lipinski definition) is 5. The van der Waals surface area contributed by atoms with Crippen LogP contribution in [0.3, 0.4) is 0 Å². The van der Waals surface area contributed by atoms with Gasteiger partial charge in [-0.2, -0.15) is 4.98 Å². The molecule has 0 saturated heterocycles. The maximum atomic E-state index is 9.27. The Hall–Kier alpha value is -2.27. The van der Waals surface area contributed by atoms with Gasteiger partial charge >= 0.3 is 0 Å². The highest BCUT2D eigenvalue weighted by Crippen LogP contribution is 2.29. The summed E-state index contributed by atoms with van der Waals surface area (Å²) in [6.45, 7) is 1.83. The minimum atomic E-state index is 0.102. The van der Waals surface area contributed by atoms with Gasteiger partial charge in [-0.05, 0) is 31.2 Å². The first-order valence-corrected chi connectivity index (χ1v) is 6.52. The molecule has 96 valence electrons. The molecule has 19 heavy (non-hydrogen) atoms. The first kappa shape index (κ1) is 13.2. The van der Waals surface area contributed by atoms with Gasteiger partial charge < -0.3 is 5.11 Å². The molecule has 0 bridgehead atoms. The Bertz CT molecular complexity index is 565. The van der Waals surface area contributed by atoms with Gasteiger partial charge in [0.15, 0.2) is 0 Å². The predicted molar refractivity (Wildman–Crippen MR) is 76.0 cm³/mol. The third-order valence-electron chi connectivity index (χ3n) is 2.22. The minimum absolute atomic E-state index is 0.102. The van der Waals surface area contributed by atoms with Crippen LogP contribution in [0.4, 0.5) is 0 Å². The van der Waals surface area contributed by atoms with E-state index < -0.39 is 0 Å². The molecule has 5 heteroatoms. The van der Waals surface area contributed by atoms with Gasteiger partial charge in [-0.3, -0.25) is 9.97 Å². The van der Waals surface area contributed by atoms with Crippen molar-refractivity contribution in [3.63, 3.8) is 0 Å². The second-order valence-electron chi connectivity index (χ2n) is 3.64. The second kappa shape index (κ2) is 6.61. The molecule has 0 saturated carbocycles. The van der Waals surface area contributed by atoms with Gasteiger partial charge in [0.2, 0.25) is 5.88 Å². The molecule has 3 aromatic rings. The lowest BCUT2D eigenvalue weighted by atomic mass is 10.4. The predicted octanol–water partition coefficient (Wildman–Crippen LogP) is 3.30. The summed E-state index contributed by atoms with van der Waals surface area (Å²) in [5.74, 6) is 0.102. The molecule has 0 amide bonds. The standard InChI is InChI=1S/C9H8N2OS.C5H5N/c1-6-8(12)11-9(13-6)7-4-2-3-5-10-7;1-2-4-6-5-3-1/h2-5,12H,1H3;1-5H. The molecule has 4 nitrogen and oxygen atoms in total. The first-order valence-electron chi connectivity index (χ1n) is 5.70. The lowest BCUT2D eigenvalue weighted by molar-refractivity contribution is 0.454. The largest absolute Gasteiger partial charge is 0.492 e. The van der Waals surface area contributed by atoms with Crippen LogP contribution in [0.2, 0.25) is 0 Å². The molecule has 0 unspecified atom stereocenters. The monoisotopic (exact) mass is 271 g/mol. The molecule has 0 atom stereocenters. The molecule has 0 spiro atoms. The highest BCUT2D eigenvalue weighted by molar-refractivity contribution is 7.15. The molecule has 0 radical (unpaired) electrons. The lowest BCUT2D eigenvalue weighted by Crippen LogP contribution is -1.78. The van der Waals surface area contributed by atoms with Crippen molar-refractivity contribution in [2.45, 2.75) is 6.92 Å². The number of aromatic nitrogens is 3. The van der Waals surface area contributed by atoms with Gasteiger partial charge in [-0.15, -0.1) is 11.3 Å². The summed E-state index contributed by atoms with van der Waals surface area (Å²) in [5, 5.41) is 10.0. The topological polar surface area (TPSA) is 58.9 Å². The Labute approximate surface area is 115 Å². The summed E-state index contributed by atoms with van der Waals surface area (Å²) in [7, 11) is 0. The van der Waals surface area contributed by atoms with Gasteiger partial charge in [0.25, 0.3) is 0 Å². The highest BCUT2D eigenvalue weighted by Gasteiger charge is 2.07. The van der Waals surface area contributed by atoms with Crippen LogP contribution in [0.15, 0.2) is 55.0 Å². The molecule has 3 aromatic heterocycles. The SMILES string of the molecule is Cc1sc(-c2ccccn2)nc1O.c1ccncc1. The third kappa shape index (κ3) is 3.86. The number of rotatable bonds is 1. The lowest BCUT2D eigenvalue weighted by Gasteiger charge is -1.91. The molecular formula is C14H13N3OS.